The van der Waals surface area contributed by atoms with Crippen LogP contribution in [0.1, 0.15) is 104 Å². The molecule has 5 aliphatic rings. The number of Topliss-reactive ketones (excluding diaryl/α,β-unsaturated/α-hetero) is 1. The number of ketones is 1. The van der Waals surface area contributed by atoms with Crippen LogP contribution in [0.4, 0.5) is 4.79 Å². The third-order valence-corrected chi connectivity index (χ3v) is 14.2. The summed E-state index contributed by atoms with van der Waals surface area (Å²) < 4.78 is 6.07. The SMILES string of the molecule is CC1(C)C(=O)CC[C@]2(C)[C@H]3CC[C@@H]4[C@H]5[C@H](NC(=O)N=[N+]=[N-])CC[C@]5(C(=O)OCc5ccccc5)CC[C@@]4(C)[C@]3(C)CC[C@@H]12. The Morgan fingerprint density at radius 3 is 2.40 bits per heavy atom. The molecule has 232 valence electrons. The maximum atomic E-state index is 14.2. The fourth-order valence-electron chi connectivity index (χ4n) is 12.0. The van der Waals surface area contributed by atoms with E-state index in [1.54, 1.807) is 0 Å². The van der Waals surface area contributed by atoms with Crippen LogP contribution in [-0.4, -0.2) is 23.8 Å². The molecule has 0 radical (unpaired) electrons. The molecule has 0 aromatic heterocycles. The summed E-state index contributed by atoms with van der Waals surface area (Å²) in [6.07, 6.45) is 8.82. The highest BCUT2D eigenvalue weighted by molar-refractivity contribution is 5.85. The monoisotopic (exact) mass is 588 g/mol. The number of nitrogens with one attached hydrogen (secondary N) is 1. The Bertz CT molecular complexity index is 1360. The molecule has 1 aromatic rings. The molecule has 5 fully saturated rings. The predicted octanol–water partition coefficient (Wildman–Crippen LogP) is 8.15. The van der Waals surface area contributed by atoms with Crippen molar-refractivity contribution in [2.45, 2.75) is 111 Å². The van der Waals surface area contributed by atoms with Gasteiger partial charge in [-0.2, -0.15) is 0 Å². The summed E-state index contributed by atoms with van der Waals surface area (Å²) in [5, 5.41) is 6.36. The first kappa shape index (κ1) is 30.2. The minimum absolute atomic E-state index is 0.0326. The van der Waals surface area contributed by atoms with Crippen molar-refractivity contribution in [1.29, 1.82) is 0 Å². The lowest BCUT2D eigenvalue weighted by molar-refractivity contribution is -0.235. The van der Waals surface area contributed by atoms with Gasteiger partial charge >= 0.3 is 12.0 Å². The maximum absolute atomic E-state index is 14.2. The van der Waals surface area contributed by atoms with Gasteiger partial charge in [-0.1, -0.05) is 65.0 Å². The number of azide groups is 1. The van der Waals surface area contributed by atoms with Gasteiger partial charge in [0.1, 0.15) is 12.4 Å². The molecule has 0 unspecified atom stereocenters. The maximum Gasteiger partial charge on any atom is 0.312 e. The molecule has 5 aliphatic carbocycles. The van der Waals surface area contributed by atoms with Crippen molar-refractivity contribution in [1.82, 2.24) is 5.32 Å². The molecule has 8 nitrogen and oxygen atoms in total. The van der Waals surface area contributed by atoms with Crippen LogP contribution in [0.3, 0.4) is 0 Å². The van der Waals surface area contributed by atoms with Gasteiger partial charge in [0, 0.05) is 27.9 Å². The largest absolute Gasteiger partial charge is 0.460 e. The van der Waals surface area contributed by atoms with E-state index in [2.05, 4.69) is 50.0 Å². The summed E-state index contributed by atoms with van der Waals surface area (Å²) in [4.78, 5) is 42.6. The van der Waals surface area contributed by atoms with Crippen LogP contribution in [0.5, 0.6) is 0 Å². The molecule has 6 rings (SSSR count). The van der Waals surface area contributed by atoms with Crippen LogP contribution < -0.4 is 5.32 Å². The summed E-state index contributed by atoms with van der Waals surface area (Å²) in [7, 11) is 0. The number of esters is 1. The second kappa shape index (κ2) is 10.4. The standard InChI is InChI=1S/C35H48N4O4/c1-31(2)25-14-17-34(5)26(32(25,3)16-15-27(31)40)12-11-23-28-24(37-30(42)38-39-36)13-18-35(28,20-19-33(23,34)4)29(41)43-21-22-9-7-6-8-10-22/h6-10,23-26,28H,11-21H2,1-5H3,(H,37,42)/t23-,24-,25+,26-,28+,32+,33-,34-,35+/m1/s1. The van der Waals surface area contributed by atoms with E-state index >= 15 is 0 Å². The molecule has 9 atom stereocenters. The van der Waals surface area contributed by atoms with E-state index in [0.717, 1.165) is 50.5 Å². The minimum atomic E-state index is -0.671. The molecule has 43 heavy (non-hydrogen) atoms. The topological polar surface area (TPSA) is 121 Å². The summed E-state index contributed by atoms with van der Waals surface area (Å²) in [6, 6.07) is 8.87. The van der Waals surface area contributed by atoms with Gasteiger partial charge < -0.3 is 10.1 Å². The quantitative estimate of drug-likeness (QED) is 0.165. The van der Waals surface area contributed by atoms with Crippen molar-refractivity contribution in [3.05, 3.63) is 46.3 Å². The number of nitrogens with zero attached hydrogens (tertiary/aromatic N) is 3. The average molecular weight is 589 g/mol. The molecule has 0 spiro atoms. The van der Waals surface area contributed by atoms with Crippen LogP contribution in [0.25, 0.3) is 10.4 Å². The van der Waals surface area contributed by atoms with Crippen LogP contribution in [0, 0.1) is 50.7 Å². The summed E-state index contributed by atoms with van der Waals surface area (Å²) in [5.41, 5.74) is 9.05. The third-order valence-electron chi connectivity index (χ3n) is 14.2. The number of rotatable bonds is 4. The van der Waals surface area contributed by atoms with E-state index in [4.69, 9.17) is 10.3 Å². The second-order valence-electron chi connectivity index (χ2n) is 15.8. The Kier molecular flexibility index (Phi) is 7.27. The zero-order valence-electron chi connectivity index (χ0n) is 26.5. The molecule has 0 bridgehead atoms. The number of ether oxygens (including phenoxy) is 1. The molecule has 5 saturated carbocycles. The first-order valence-corrected chi connectivity index (χ1v) is 16.4. The molecule has 1 aromatic carbocycles. The van der Waals surface area contributed by atoms with Gasteiger partial charge in [-0.05, 0) is 109 Å². The smallest absolute Gasteiger partial charge is 0.312 e. The number of carbonyl (C=O) groups excluding carboxylic acids is 3. The summed E-state index contributed by atoms with van der Waals surface area (Å²) >= 11 is 0. The van der Waals surface area contributed by atoms with E-state index in [1.165, 1.54) is 0 Å². The Balaban J connectivity index is 1.35. The van der Waals surface area contributed by atoms with Crippen molar-refractivity contribution in [2.24, 2.45) is 55.9 Å². The van der Waals surface area contributed by atoms with Gasteiger partial charge in [0.05, 0.1) is 5.41 Å². The van der Waals surface area contributed by atoms with Crippen LogP contribution in [0.2, 0.25) is 0 Å². The van der Waals surface area contributed by atoms with Crippen LogP contribution in [-0.2, 0) is 20.9 Å². The Hall–Kier alpha value is -2.86. The fraction of sp³-hybridized carbons (Fsp3) is 0.743. The molecule has 0 heterocycles. The number of carbonyl (C=O) groups is 3. The first-order valence-electron chi connectivity index (χ1n) is 16.4. The van der Waals surface area contributed by atoms with E-state index < -0.39 is 11.4 Å². The van der Waals surface area contributed by atoms with Crippen molar-refractivity contribution < 1.29 is 19.1 Å². The normalized spacial score (nSPS) is 42.7. The number of hydrogen-bond acceptors (Lipinski definition) is 4. The van der Waals surface area contributed by atoms with Gasteiger partial charge in [-0.25, -0.2) is 0 Å². The number of benzene rings is 1. The fourth-order valence-corrected chi connectivity index (χ4v) is 12.0. The van der Waals surface area contributed by atoms with E-state index in [0.29, 0.717) is 36.9 Å². The van der Waals surface area contributed by atoms with E-state index in [9.17, 15) is 14.4 Å². The zero-order valence-corrected chi connectivity index (χ0v) is 26.5. The molecular formula is C35H48N4O4. The number of urea groups is 1. The van der Waals surface area contributed by atoms with Crippen molar-refractivity contribution >= 4 is 17.8 Å². The van der Waals surface area contributed by atoms with Gasteiger partial charge in [-0.3, -0.25) is 14.4 Å². The lowest BCUT2D eigenvalue weighted by Gasteiger charge is -2.72. The predicted molar refractivity (Wildman–Crippen MR) is 163 cm³/mol. The molecule has 1 N–H and O–H groups in total. The summed E-state index contributed by atoms with van der Waals surface area (Å²) in [5.74, 6) is 1.29. The Morgan fingerprint density at radius 1 is 0.930 bits per heavy atom. The number of fused-ring (bicyclic) bond motifs is 7. The van der Waals surface area contributed by atoms with Gasteiger partial charge in [0.25, 0.3) is 0 Å². The Labute approximate surface area is 255 Å². The summed E-state index contributed by atoms with van der Waals surface area (Å²) in [6.45, 7) is 12.1. The third kappa shape index (κ3) is 4.29. The van der Waals surface area contributed by atoms with Gasteiger partial charge in [0.15, 0.2) is 0 Å². The highest BCUT2D eigenvalue weighted by Crippen LogP contribution is 2.76. The van der Waals surface area contributed by atoms with Crippen LogP contribution in [0.15, 0.2) is 35.4 Å². The second-order valence-corrected chi connectivity index (χ2v) is 15.8. The molecular weight excluding hydrogens is 540 g/mol. The lowest BCUT2D eigenvalue weighted by atomic mass is 9.32. The molecule has 8 heteroatoms. The molecule has 0 aliphatic heterocycles. The highest BCUT2D eigenvalue weighted by atomic mass is 16.5. The lowest BCUT2D eigenvalue weighted by Crippen LogP contribution is -2.67. The van der Waals surface area contributed by atoms with Crippen LogP contribution >= 0.6 is 0 Å². The van der Waals surface area contributed by atoms with E-state index in [1.807, 2.05) is 30.3 Å². The highest BCUT2D eigenvalue weighted by Gasteiger charge is 2.72. The Morgan fingerprint density at radius 2 is 1.67 bits per heavy atom. The number of hydrogen-bond donors (Lipinski definition) is 1. The van der Waals surface area contributed by atoms with Gasteiger partial charge in [-0.15, -0.1) is 0 Å². The number of amides is 2. The molecule has 0 saturated heterocycles. The van der Waals surface area contributed by atoms with Crippen molar-refractivity contribution in [3.8, 4) is 0 Å². The first-order chi connectivity index (χ1) is 20.3. The van der Waals surface area contributed by atoms with Gasteiger partial charge in [0.2, 0.25) is 0 Å². The minimum Gasteiger partial charge on any atom is -0.460 e. The zero-order chi connectivity index (χ0) is 30.8. The van der Waals surface area contributed by atoms with Crippen molar-refractivity contribution in [3.63, 3.8) is 0 Å². The average Bonchev–Trinajstić information content (AvgIpc) is 3.34. The van der Waals surface area contributed by atoms with Crippen molar-refractivity contribution in [2.75, 3.05) is 0 Å². The van der Waals surface area contributed by atoms with E-state index in [-0.39, 0.29) is 52.1 Å². The molecule has 2 amide bonds.